The van der Waals surface area contributed by atoms with Gasteiger partial charge in [0.15, 0.2) is 6.04 Å². The van der Waals surface area contributed by atoms with Gasteiger partial charge in [0, 0.05) is 0 Å². The van der Waals surface area contributed by atoms with Crippen molar-refractivity contribution in [3.8, 4) is 0 Å². The van der Waals surface area contributed by atoms with E-state index in [0.717, 1.165) is 16.7 Å². The molecule has 1 aromatic rings. The molecular weight excluding hydrogens is 412 g/mol. The molecule has 0 radical (unpaired) electrons. The molecule has 1 aromatic carbocycles. The highest BCUT2D eigenvalue weighted by Crippen LogP contribution is 2.45. The monoisotopic (exact) mass is 434 g/mol. The first kappa shape index (κ1) is 20.8. The highest BCUT2D eigenvalue weighted by atomic mass is 32.2. The topological polar surface area (TPSA) is 122 Å². The van der Waals surface area contributed by atoms with Crippen LogP contribution in [-0.4, -0.2) is 74.8 Å². The van der Waals surface area contributed by atoms with Gasteiger partial charge in [-0.2, -0.15) is 0 Å². The van der Waals surface area contributed by atoms with Crippen molar-refractivity contribution in [2.24, 2.45) is 0 Å². The number of aliphatic hydroxyl groups excluding tert-OH is 1. The van der Waals surface area contributed by atoms with Crippen molar-refractivity contribution in [2.45, 2.75) is 48.6 Å². The van der Waals surface area contributed by atoms with E-state index in [1.165, 1.54) is 12.1 Å². The van der Waals surface area contributed by atoms with Gasteiger partial charge in [0.05, 0.1) is 23.1 Å². The molecule has 4 rings (SSSR count). The summed E-state index contributed by atoms with van der Waals surface area (Å²) in [5.41, 5.74) is -0.452. The van der Waals surface area contributed by atoms with Crippen LogP contribution in [0.2, 0.25) is 0 Å². The number of carbonyl (C=O) groups excluding carboxylic acids is 4. The number of benzene rings is 1. The molecule has 0 bridgehead atoms. The Kier molecular flexibility index (Phi) is 4.91. The normalized spacial score (nSPS) is 28.9. The van der Waals surface area contributed by atoms with Gasteiger partial charge in [-0.25, -0.2) is 4.79 Å². The number of esters is 2. The number of thioether (sulfide) groups is 1. The molecule has 2 saturated heterocycles. The number of nitrogens with one attached hydrogen (secondary N) is 1. The van der Waals surface area contributed by atoms with Crippen LogP contribution < -0.4 is 5.32 Å². The third-order valence-electron chi connectivity index (χ3n) is 5.22. The molecule has 3 heterocycles. The lowest BCUT2D eigenvalue weighted by Gasteiger charge is -2.32. The number of ether oxygens (including phenoxy) is 2. The fraction of sp³-hybridized carbons (Fsp3) is 0.500. The zero-order valence-electron chi connectivity index (χ0n) is 16.7. The highest BCUT2D eigenvalue weighted by molar-refractivity contribution is 8.01. The largest absolute Gasteiger partial charge is 0.463 e. The summed E-state index contributed by atoms with van der Waals surface area (Å²) in [7, 11) is 0. The first-order valence-corrected chi connectivity index (χ1v) is 10.4. The van der Waals surface area contributed by atoms with Crippen LogP contribution in [0, 0.1) is 0 Å². The summed E-state index contributed by atoms with van der Waals surface area (Å²) in [5, 5.41) is 12.1. The Hall–Kier alpha value is -2.43. The van der Waals surface area contributed by atoms with Gasteiger partial charge in [-0.3, -0.25) is 24.6 Å². The number of aliphatic hydroxyl groups is 1. The van der Waals surface area contributed by atoms with E-state index in [4.69, 9.17) is 9.47 Å². The first-order chi connectivity index (χ1) is 14.1. The molecule has 10 heteroatoms. The number of nitrogens with zero attached hydrogens (tertiary/aromatic N) is 1. The quantitative estimate of drug-likeness (QED) is 0.509. The van der Waals surface area contributed by atoms with Crippen LogP contribution in [0.15, 0.2) is 24.3 Å². The standard InChI is InChI=1S/C20H22N2O7S/c1-19(2,3)29-17(26)12(14-21-13-18(27)28-9-20(13,8-23)30-14)22-15(24)10-6-4-5-7-11(10)16(22)25/h4-7,12-14,21,23H,8-9H2,1-3H3/t12-,13+,14-,20-/m0/s1. The number of hydrogen-bond donors (Lipinski definition) is 2. The molecular formula is C20H22N2O7S. The fourth-order valence-electron chi connectivity index (χ4n) is 3.86. The van der Waals surface area contributed by atoms with Gasteiger partial charge in [0.25, 0.3) is 11.8 Å². The van der Waals surface area contributed by atoms with Crippen molar-refractivity contribution >= 4 is 35.5 Å². The molecule has 9 nitrogen and oxygen atoms in total. The van der Waals surface area contributed by atoms with E-state index in [2.05, 4.69) is 5.32 Å². The summed E-state index contributed by atoms with van der Waals surface area (Å²) in [4.78, 5) is 52.3. The number of fused-ring (bicyclic) bond motifs is 2. The van der Waals surface area contributed by atoms with Gasteiger partial charge >= 0.3 is 11.9 Å². The maximum absolute atomic E-state index is 13.2. The molecule has 2 amide bonds. The van der Waals surface area contributed by atoms with E-state index in [9.17, 15) is 24.3 Å². The SMILES string of the molecule is CC(C)(C)OC(=O)[C@H]([C@H]1N[C@@H]2C(=O)OC[C@]2(CO)S1)N1C(=O)c2ccccc2C1=O. The molecule has 0 spiro atoms. The number of carbonyl (C=O) groups is 4. The molecule has 3 aliphatic rings. The molecule has 160 valence electrons. The van der Waals surface area contributed by atoms with Crippen LogP contribution >= 0.6 is 11.8 Å². The molecule has 0 aliphatic carbocycles. The van der Waals surface area contributed by atoms with Crippen molar-refractivity contribution in [2.75, 3.05) is 13.2 Å². The Morgan fingerprint density at radius 1 is 1.30 bits per heavy atom. The average molecular weight is 434 g/mol. The third-order valence-corrected chi connectivity index (χ3v) is 6.82. The van der Waals surface area contributed by atoms with E-state index < -0.39 is 51.6 Å². The van der Waals surface area contributed by atoms with Crippen LogP contribution in [0.5, 0.6) is 0 Å². The van der Waals surface area contributed by atoms with Crippen LogP contribution in [0.4, 0.5) is 0 Å². The number of imide groups is 1. The summed E-state index contributed by atoms with van der Waals surface area (Å²) in [6.07, 6.45) is 0. The van der Waals surface area contributed by atoms with Crippen LogP contribution in [0.3, 0.4) is 0 Å². The maximum atomic E-state index is 13.2. The Bertz CT molecular complexity index is 908. The number of rotatable bonds is 4. The maximum Gasteiger partial charge on any atom is 0.332 e. The minimum Gasteiger partial charge on any atom is -0.463 e. The van der Waals surface area contributed by atoms with Crippen molar-refractivity contribution in [1.29, 1.82) is 0 Å². The van der Waals surface area contributed by atoms with E-state index in [0.29, 0.717) is 0 Å². The van der Waals surface area contributed by atoms with E-state index >= 15 is 0 Å². The molecule has 0 aromatic heterocycles. The summed E-state index contributed by atoms with van der Waals surface area (Å²) >= 11 is 1.11. The Labute approximate surface area is 177 Å². The second-order valence-corrected chi connectivity index (χ2v) is 10.0. The minimum atomic E-state index is -1.33. The second-order valence-electron chi connectivity index (χ2n) is 8.47. The van der Waals surface area contributed by atoms with Crippen LogP contribution in [0.25, 0.3) is 0 Å². The van der Waals surface area contributed by atoms with Gasteiger partial charge in [-0.05, 0) is 32.9 Å². The van der Waals surface area contributed by atoms with Crippen LogP contribution in [-0.2, 0) is 19.1 Å². The fourth-order valence-corrected chi connectivity index (χ4v) is 5.44. The number of cyclic esters (lactones) is 1. The molecule has 0 unspecified atom stereocenters. The zero-order chi connectivity index (χ0) is 21.8. The van der Waals surface area contributed by atoms with Crippen molar-refractivity contribution in [3.05, 3.63) is 35.4 Å². The minimum absolute atomic E-state index is 0.0374. The smallest absolute Gasteiger partial charge is 0.332 e. The predicted octanol–water partition coefficient (Wildman–Crippen LogP) is 0.312. The third kappa shape index (κ3) is 3.19. The Balaban J connectivity index is 1.72. The lowest BCUT2D eigenvalue weighted by molar-refractivity contribution is -0.160. The Morgan fingerprint density at radius 2 is 1.90 bits per heavy atom. The number of hydrogen-bond acceptors (Lipinski definition) is 9. The van der Waals surface area contributed by atoms with Gasteiger partial charge in [-0.1, -0.05) is 12.1 Å². The van der Waals surface area contributed by atoms with E-state index in [1.807, 2.05) is 0 Å². The second kappa shape index (κ2) is 7.07. The van der Waals surface area contributed by atoms with Crippen molar-refractivity contribution in [1.82, 2.24) is 10.2 Å². The number of amides is 2. The molecule has 30 heavy (non-hydrogen) atoms. The van der Waals surface area contributed by atoms with E-state index in [1.54, 1.807) is 32.9 Å². The van der Waals surface area contributed by atoms with Crippen molar-refractivity contribution in [3.63, 3.8) is 0 Å². The van der Waals surface area contributed by atoms with Gasteiger partial charge < -0.3 is 14.6 Å². The lowest BCUT2D eigenvalue weighted by atomic mass is 10.0. The van der Waals surface area contributed by atoms with Crippen LogP contribution in [0.1, 0.15) is 41.5 Å². The van der Waals surface area contributed by atoms with Gasteiger partial charge in [0.1, 0.15) is 23.0 Å². The summed E-state index contributed by atoms with van der Waals surface area (Å²) in [6, 6.07) is 4.14. The molecule has 2 fully saturated rings. The summed E-state index contributed by atoms with van der Waals surface area (Å²) in [5.74, 6) is -2.54. The first-order valence-electron chi connectivity index (χ1n) is 9.49. The highest BCUT2D eigenvalue weighted by Gasteiger charge is 2.61. The summed E-state index contributed by atoms with van der Waals surface area (Å²) in [6.45, 7) is 4.63. The van der Waals surface area contributed by atoms with Crippen molar-refractivity contribution < 1.29 is 33.8 Å². The average Bonchev–Trinajstić information content (AvgIpc) is 3.28. The molecule has 3 aliphatic heterocycles. The zero-order valence-corrected chi connectivity index (χ0v) is 17.5. The van der Waals surface area contributed by atoms with Gasteiger partial charge in [-0.15, -0.1) is 11.8 Å². The van der Waals surface area contributed by atoms with E-state index in [-0.39, 0.29) is 24.3 Å². The molecule has 0 saturated carbocycles. The molecule has 2 N–H and O–H groups in total. The molecule has 4 atom stereocenters. The summed E-state index contributed by atoms with van der Waals surface area (Å²) < 4.78 is 9.58. The van der Waals surface area contributed by atoms with Gasteiger partial charge in [0.2, 0.25) is 0 Å². The predicted molar refractivity (Wildman–Crippen MR) is 106 cm³/mol. The Morgan fingerprint density at radius 3 is 2.40 bits per heavy atom. The lowest BCUT2D eigenvalue weighted by Crippen LogP contribution is -2.56.